The van der Waals surface area contributed by atoms with Crippen molar-refractivity contribution in [2.75, 3.05) is 0 Å². The third kappa shape index (κ3) is 4.62. The van der Waals surface area contributed by atoms with E-state index in [1.54, 1.807) is 6.92 Å². The quantitative estimate of drug-likeness (QED) is 0.654. The summed E-state index contributed by atoms with van der Waals surface area (Å²) in [6, 6.07) is -0.374. The van der Waals surface area contributed by atoms with Crippen LogP contribution in [0.1, 0.15) is 39.5 Å². The predicted octanol–water partition coefficient (Wildman–Crippen LogP) is 0.850. The Kier molecular flexibility index (Phi) is 5.55. The Hall–Kier alpha value is -1.14. The predicted molar refractivity (Wildman–Crippen MR) is 64.5 cm³/mol. The number of rotatable bonds is 6. The first kappa shape index (κ1) is 14.9. The van der Waals surface area contributed by atoms with Crippen molar-refractivity contribution in [3.63, 3.8) is 0 Å². The monoisotopic (exact) mass is 259 g/mol. The lowest BCUT2D eigenvalue weighted by Gasteiger charge is -2.31. The molecule has 2 unspecified atom stereocenters. The molecule has 6 heteroatoms. The van der Waals surface area contributed by atoms with Crippen LogP contribution in [0, 0.1) is 0 Å². The first-order valence-corrected chi connectivity index (χ1v) is 6.27. The van der Waals surface area contributed by atoms with Gasteiger partial charge in [-0.25, -0.2) is 4.79 Å². The summed E-state index contributed by atoms with van der Waals surface area (Å²) in [5, 5.41) is 20.6. The summed E-state index contributed by atoms with van der Waals surface area (Å²) >= 11 is 0. The molecular formula is C12H21NO5. The summed E-state index contributed by atoms with van der Waals surface area (Å²) in [7, 11) is 0. The van der Waals surface area contributed by atoms with E-state index in [0.29, 0.717) is 0 Å². The van der Waals surface area contributed by atoms with E-state index in [9.17, 15) is 9.59 Å². The second kappa shape index (κ2) is 6.70. The molecule has 6 nitrogen and oxygen atoms in total. The van der Waals surface area contributed by atoms with Crippen molar-refractivity contribution in [2.45, 2.75) is 63.8 Å². The van der Waals surface area contributed by atoms with Crippen LogP contribution in [0.3, 0.4) is 0 Å². The second-order valence-corrected chi connectivity index (χ2v) is 4.82. The molecular weight excluding hydrogens is 238 g/mol. The van der Waals surface area contributed by atoms with Gasteiger partial charge >= 0.3 is 11.9 Å². The molecule has 1 fully saturated rings. The molecule has 0 heterocycles. The van der Waals surface area contributed by atoms with E-state index in [-0.39, 0.29) is 12.1 Å². The van der Waals surface area contributed by atoms with E-state index >= 15 is 0 Å². The first-order valence-electron chi connectivity index (χ1n) is 6.27. The standard InChI is InChI=1S/C12H21NO5/c1-7(11(14)15)13-9-3-5-10(6-4-9)18-8(2)12(16)17/h7-10,13H,3-6H2,1-2H3,(H,14,15)(H,16,17). The van der Waals surface area contributed by atoms with Gasteiger partial charge < -0.3 is 20.3 Å². The zero-order valence-corrected chi connectivity index (χ0v) is 10.8. The summed E-state index contributed by atoms with van der Waals surface area (Å²) in [5.74, 6) is -1.80. The summed E-state index contributed by atoms with van der Waals surface area (Å²) in [5.41, 5.74) is 0. The van der Waals surface area contributed by atoms with E-state index in [4.69, 9.17) is 14.9 Å². The molecule has 0 radical (unpaired) electrons. The average molecular weight is 259 g/mol. The molecule has 0 aliphatic heterocycles. The van der Waals surface area contributed by atoms with Crippen molar-refractivity contribution >= 4 is 11.9 Å². The van der Waals surface area contributed by atoms with Crippen LogP contribution >= 0.6 is 0 Å². The van der Waals surface area contributed by atoms with Crippen LogP contribution in [0.5, 0.6) is 0 Å². The highest BCUT2D eigenvalue weighted by Gasteiger charge is 2.26. The van der Waals surface area contributed by atoms with E-state index in [1.807, 2.05) is 0 Å². The molecule has 0 bridgehead atoms. The normalized spacial score (nSPS) is 27.4. The van der Waals surface area contributed by atoms with Gasteiger partial charge in [0.1, 0.15) is 6.04 Å². The zero-order valence-electron chi connectivity index (χ0n) is 10.8. The van der Waals surface area contributed by atoms with Crippen molar-refractivity contribution in [3.05, 3.63) is 0 Å². The number of aliphatic carboxylic acids is 2. The summed E-state index contributed by atoms with van der Waals surface area (Å²) < 4.78 is 5.41. The van der Waals surface area contributed by atoms with Crippen molar-refractivity contribution in [1.29, 1.82) is 0 Å². The molecule has 0 aromatic carbocycles. The molecule has 1 aliphatic carbocycles. The fourth-order valence-corrected chi connectivity index (χ4v) is 2.14. The highest BCUT2D eigenvalue weighted by Crippen LogP contribution is 2.22. The molecule has 1 rings (SSSR count). The SMILES string of the molecule is CC(NC1CCC(OC(C)C(=O)O)CC1)C(=O)O. The van der Waals surface area contributed by atoms with Crippen LogP contribution in [-0.4, -0.2) is 46.4 Å². The Morgan fingerprint density at radius 1 is 1.11 bits per heavy atom. The van der Waals surface area contributed by atoms with Gasteiger partial charge in [-0.1, -0.05) is 0 Å². The summed E-state index contributed by atoms with van der Waals surface area (Å²) in [4.78, 5) is 21.4. The number of carboxylic acid groups (broad SMARTS) is 2. The number of ether oxygens (including phenoxy) is 1. The summed E-state index contributed by atoms with van der Waals surface area (Å²) in [6.07, 6.45) is 2.35. The van der Waals surface area contributed by atoms with Crippen molar-refractivity contribution < 1.29 is 24.5 Å². The highest BCUT2D eigenvalue weighted by atomic mass is 16.5. The topological polar surface area (TPSA) is 95.9 Å². The van der Waals surface area contributed by atoms with Crippen LogP contribution in [0.25, 0.3) is 0 Å². The largest absolute Gasteiger partial charge is 0.480 e. The molecule has 3 N–H and O–H groups in total. The summed E-state index contributed by atoms with van der Waals surface area (Å²) in [6.45, 7) is 3.15. The molecule has 1 saturated carbocycles. The van der Waals surface area contributed by atoms with Crippen molar-refractivity contribution in [1.82, 2.24) is 5.32 Å². The van der Waals surface area contributed by atoms with Gasteiger partial charge in [0.25, 0.3) is 0 Å². The van der Waals surface area contributed by atoms with Crippen LogP contribution in [-0.2, 0) is 14.3 Å². The molecule has 104 valence electrons. The Morgan fingerprint density at radius 3 is 2.11 bits per heavy atom. The van der Waals surface area contributed by atoms with Gasteiger partial charge in [0.2, 0.25) is 0 Å². The Morgan fingerprint density at radius 2 is 1.67 bits per heavy atom. The maximum atomic E-state index is 10.7. The molecule has 0 aromatic rings. The Bertz CT molecular complexity index is 269. The smallest absolute Gasteiger partial charge is 0.332 e. The third-order valence-electron chi connectivity index (χ3n) is 3.27. The van der Waals surface area contributed by atoms with Gasteiger partial charge in [0, 0.05) is 6.04 Å². The number of carboxylic acids is 2. The van der Waals surface area contributed by atoms with Gasteiger partial charge in [0.05, 0.1) is 6.10 Å². The Labute approximate surface area is 106 Å². The minimum Gasteiger partial charge on any atom is -0.480 e. The zero-order chi connectivity index (χ0) is 13.7. The molecule has 0 amide bonds. The van der Waals surface area contributed by atoms with Crippen LogP contribution in [0.15, 0.2) is 0 Å². The minimum atomic E-state index is -0.949. The van der Waals surface area contributed by atoms with Crippen LogP contribution in [0.2, 0.25) is 0 Å². The Balaban J connectivity index is 2.28. The molecule has 0 aromatic heterocycles. The first-order chi connectivity index (χ1) is 8.40. The number of hydrogen-bond acceptors (Lipinski definition) is 4. The maximum absolute atomic E-state index is 10.7. The van der Waals surface area contributed by atoms with E-state index in [1.165, 1.54) is 6.92 Å². The third-order valence-corrected chi connectivity index (χ3v) is 3.27. The van der Waals surface area contributed by atoms with Gasteiger partial charge in [-0.15, -0.1) is 0 Å². The minimum absolute atomic E-state index is 0.0331. The molecule has 0 saturated heterocycles. The lowest BCUT2D eigenvalue weighted by molar-refractivity contribution is -0.154. The molecule has 18 heavy (non-hydrogen) atoms. The highest BCUT2D eigenvalue weighted by molar-refractivity contribution is 5.72. The van der Waals surface area contributed by atoms with Crippen molar-refractivity contribution in [3.8, 4) is 0 Å². The van der Waals surface area contributed by atoms with Gasteiger partial charge in [-0.3, -0.25) is 4.79 Å². The van der Waals surface area contributed by atoms with Gasteiger partial charge in [-0.05, 0) is 39.5 Å². The fraction of sp³-hybridized carbons (Fsp3) is 0.833. The molecule has 0 spiro atoms. The van der Waals surface area contributed by atoms with Crippen LogP contribution < -0.4 is 5.32 Å². The lowest BCUT2D eigenvalue weighted by Crippen LogP contribution is -2.44. The molecule has 2 atom stereocenters. The maximum Gasteiger partial charge on any atom is 0.332 e. The second-order valence-electron chi connectivity index (χ2n) is 4.82. The van der Waals surface area contributed by atoms with Gasteiger partial charge in [-0.2, -0.15) is 0 Å². The average Bonchev–Trinajstić information content (AvgIpc) is 2.31. The fourth-order valence-electron chi connectivity index (χ4n) is 2.14. The van der Waals surface area contributed by atoms with Gasteiger partial charge in [0.15, 0.2) is 6.10 Å². The van der Waals surface area contributed by atoms with Crippen molar-refractivity contribution in [2.24, 2.45) is 0 Å². The van der Waals surface area contributed by atoms with Crippen LogP contribution in [0.4, 0.5) is 0 Å². The van der Waals surface area contributed by atoms with E-state index in [2.05, 4.69) is 5.32 Å². The molecule has 1 aliphatic rings. The number of nitrogens with one attached hydrogen (secondary N) is 1. The lowest BCUT2D eigenvalue weighted by atomic mass is 9.92. The van der Waals surface area contributed by atoms with E-state index < -0.39 is 24.1 Å². The number of hydrogen-bond donors (Lipinski definition) is 3. The van der Waals surface area contributed by atoms with E-state index in [0.717, 1.165) is 25.7 Å². The number of carbonyl (C=O) groups is 2.